The van der Waals surface area contributed by atoms with Crippen LogP contribution in [0, 0.1) is 17.0 Å². The number of hydrogen-bond donors (Lipinski definition) is 0. The van der Waals surface area contributed by atoms with Crippen molar-refractivity contribution in [1.29, 1.82) is 0 Å². The van der Waals surface area contributed by atoms with Gasteiger partial charge in [-0.25, -0.2) is 0 Å². The fourth-order valence-corrected chi connectivity index (χ4v) is 2.58. The Morgan fingerprint density at radius 1 is 1.48 bits per heavy atom. The maximum absolute atomic E-state index is 12.5. The number of hydrogen-bond acceptors (Lipinski definition) is 5. The molecule has 0 radical (unpaired) electrons. The van der Waals surface area contributed by atoms with Gasteiger partial charge in [0.25, 0.3) is 0 Å². The maximum atomic E-state index is 12.5. The second kappa shape index (κ2) is 5.80. The number of carbonyl (C=O) groups excluding carboxylic acids is 1. The Morgan fingerprint density at radius 2 is 2.05 bits per heavy atom. The second-order valence-electron chi connectivity index (χ2n) is 5.51. The largest absolute Gasteiger partial charge is 0.372 e. The molecule has 0 unspecified atom stereocenters. The topological polar surface area (TPSA) is 90.5 Å². The first-order valence-electron chi connectivity index (χ1n) is 6.94. The van der Waals surface area contributed by atoms with Crippen molar-refractivity contribution in [2.75, 3.05) is 13.1 Å². The molecule has 3 atom stereocenters. The van der Waals surface area contributed by atoms with E-state index >= 15 is 0 Å². The molecule has 1 aromatic heterocycles. The normalized spacial score (nSPS) is 23.9. The molecule has 1 aliphatic rings. The zero-order valence-corrected chi connectivity index (χ0v) is 12.6. The average molecular weight is 296 g/mol. The van der Waals surface area contributed by atoms with Gasteiger partial charge in [-0.15, -0.1) is 0 Å². The van der Waals surface area contributed by atoms with E-state index in [-0.39, 0.29) is 23.8 Å². The van der Waals surface area contributed by atoms with Gasteiger partial charge in [-0.05, 0) is 27.7 Å². The lowest BCUT2D eigenvalue weighted by molar-refractivity contribution is -0.385. The van der Waals surface area contributed by atoms with Crippen LogP contribution in [-0.2, 0) is 9.53 Å². The minimum Gasteiger partial charge on any atom is -0.372 e. The Hall–Kier alpha value is -1.96. The quantitative estimate of drug-likeness (QED) is 0.619. The lowest BCUT2D eigenvalue weighted by Gasteiger charge is -2.36. The summed E-state index contributed by atoms with van der Waals surface area (Å²) in [5.41, 5.74) is 0.238. The number of aromatic nitrogens is 2. The molecule has 0 saturated carbocycles. The summed E-state index contributed by atoms with van der Waals surface area (Å²) in [5, 5.41) is 14.9. The van der Waals surface area contributed by atoms with Crippen LogP contribution in [0.4, 0.5) is 5.69 Å². The van der Waals surface area contributed by atoms with E-state index in [1.54, 1.807) is 18.7 Å². The molecule has 1 fully saturated rings. The van der Waals surface area contributed by atoms with Crippen molar-refractivity contribution in [1.82, 2.24) is 14.7 Å². The molecule has 0 N–H and O–H groups in total. The average Bonchev–Trinajstić information content (AvgIpc) is 2.78. The summed E-state index contributed by atoms with van der Waals surface area (Å²) < 4.78 is 6.96. The highest BCUT2D eigenvalue weighted by Gasteiger charge is 2.30. The van der Waals surface area contributed by atoms with E-state index in [1.807, 2.05) is 13.8 Å². The van der Waals surface area contributed by atoms with Crippen molar-refractivity contribution >= 4 is 11.6 Å². The molecule has 1 saturated heterocycles. The van der Waals surface area contributed by atoms with Crippen LogP contribution in [0.2, 0.25) is 0 Å². The highest BCUT2D eigenvalue weighted by atomic mass is 16.6. The van der Waals surface area contributed by atoms with Crippen molar-refractivity contribution in [3.05, 3.63) is 22.0 Å². The summed E-state index contributed by atoms with van der Waals surface area (Å²) in [6.45, 7) is 8.15. The SMILES string of the molecule is Cc1nn([C@H](C)C(=O)N2C[C@H](C)O[C@@H](C)C2)cc1[N+](=O)[O-]. The minimum atomic E-state index is -0.574. The molecule has 8 nitrogen and oxygen atoms in total. The van der Waals surface area contributed by atoms with Gasteiger partial charge in [0.15, 0.2) is 0 Å². The summed E-state index contributed by atoms with van der Waals surface area (Å²) in [6, 6.07) is -0.574. The summed E-state index contributed by atoms with van der Waals surface area (Å²) >= 11 is 0. The predicted molar refractivity (Wildman–Crippen MR) is 74.9 cm³/mol. The Bertz CT molecular complexity index is 546. The first-order chi connectivity index (χ1) is 9.79. The van der Waals surface area contributed by atoms with Crippen LogP contribution in [0.3, 0.4) is 0 Å². The summed E-state index contributed by atoms with van der Waals surface area (Å²) in [6.07, 6.45) is 1.28. The van der Waals surface area contributed by atoms with Crippen LogP contribution >= 0.6 is 0 Å². The summed E-state index contributed by atoms with van der Waals surface area (Å²) in [7, 11) is 0. The van der Waals surface area contributed by atoms with E-state index in [0.29, 0.717) is 18.8 Å². The second-order valence-corrected chi connectivity index (χ2v) is 5.51. The molecule has 0 spiro atoms. The lowest BCUT2D eigenvalue weighted by atomic mass is 10.2. The number of rotatable bonds is 3. The Labute approximate surface area is 122 Å². The van der Waals surface area contributed by atoms with Gasteiger partial charge in [0.05, 0.1) is 17.1 Å². The zero-order chi connectivity index (χ0) is 15.7. The van der Waals surface area contributed by atoms with Crippen LogP contribution in [0.1, 0.15) is 32.5 Å². The molecule has 0 aliphatic carbocycles. The van der Waals surface area contributed by atoms with Crippen molar-refractivity contribution in [2.24, 2.45) is 0 Å². The molecule has 1 aromatic rings. The molecule has 8 heteroatoms. The third-order valence-corrected chi connectivity index (χ3v) is 3.57. The van der Waals surface area contributed by atoms with Crippen LogP contribution in [0.5, 0.6) is 0 Å². The van der Waals surface area contributed by atoms with Crippen LogP contribution < -0.4 is 0 Å². The predicted octanol–water partition coefficient (Wildman–Crippen LogP) is 1.30. The number of nitro groups is 1. The standard InChI is InChI=1S/C13H20N4O4/c1-8-5-15(6-9(2)21-8)13(18)11(4)16-7-12(17(19)20)10(3)14-16/h7-9,11H,5-6H2,1-4H3/t8-,9-,11+/m0/s1. The molecule has 1 amide bonds. The smallest absolute Gasteiger partial charge is 0.309 e. The molecule has 2 heterocycles. The molecular formula is C13H20N4O4. The molecule has 116 valence electrons. The molecule has 2 rings (SSSR count). The van der Waals surface area contributed by atoms with Gasteiger partial charge in [0.2, 0.25) is 5.91 Å². The molecule has 0 aromatic carbocycles. The van der Waals surface area contributed by atoms with Gasteiger partial charge < -0.3 is 9.64 Å². The van der Waals surface area contributed by atoms with Crippen molar-refractivity contribution in [2.45, 2.75) is 45.9 Å². The fourth-order valence-electron chi connectivity index (χ4n) is 2.58. The zero-order valence-electron chi connectivity index (χ0n) is 12.6. The van der Waals surface area contributed by atoms with Gasteiger partial charge in [0.1, 0.15) is 17.9 Å². The maximum Gasteiger partial charge on any atom is 0.309 e. The molecule has 0 bridgehead atoms. The van der Waals surface area contributed by atoms with E-state index < -0.39 is 11.0 Å². The third kappa shape index (κ3) is 3.21. The van der Waals surface area contributed by atoms with E-state index in [4.69, 9.17) is 4.74 Å². The number of morpholine rings is 1. The van der Waals surface area contributed by atoms with Crippen molar-refractivity contribution in [3.63, 3.8) is 0 Å². The Kier molecular flexibility index (Phi) is 4.26. The minimum absolute atomic E-state index is 0.0152. The van der Waals surface area contributed by atoms with Crippen molar-refractivity contribution < 1.29 is 14.5 Å². The number of amides is 1. The van der Waals surface area contributed by atoms with Gasteiger partial charge in [-0.2, -0.15) is 5.10 Å². The van der Waals surface area contributed by atoms with E-state index in [9.17, 15) is 14.9 Å². The summed E-state index contributed by atoms with van der Waals surface area (Å²) in [5.74, 6) is -0.102. The Morgan fingerprint density at radius 3 is 2.52 bits per heavy atom. The van der Waals surface area contributed by atoms with E-state index in [1.165, 1.54) is 10.9 Å². The van der Waals surface area contributed by atoms with E-state index in [2.05, 4.69) is 5.10 Å². The highest BCUT2D eigenvalue weighted by molar-refractivity contribution is 5.80. The first-order valence-corrected chi connectivity index (χ1v) is 6.94. The number of aryl methyl sites for hydroxylation is 1. The van der Waals surface area contributed by atoms with Crippen LogP contribution in [0.15, 0.2) is 6.20 Å². The summed E-state index contributed by atoms with van der Waals surface area (Å²) in [4.78, 5) is 24.6. The van der Waals surface area contributed by atoms with Gasteiger partial charge in [-0.3, -0.25) is 19.6 Å². The third-order valence-electron chi connectivity index (χ3n) is 3.57. The van der Waals surface area contributed by atoms with Crippen molar-refractivity contribution in [3.8, 4) is 0 Å². The number of nitrogens with zero attached hydrogens (tertiary/aromatic N) is 4. The highest BCUT2D eigenvalue weighted by Crippen LogP contribution is 2.21. The first kappa shape index (κ1) is 15.4. The lowest BCUT2D eigenvalue weighted by Crippen LogP contribution is -2.50. The van der Waals surface area contributed by atoms with E-state index in [0.717, 1.165) is 0 Å². The van der Waals surface area contributed by atoms with Gasteiger partial charge in [-0.1, -0.05) is 0 Å². The van der Waals surface area contributed by atoms with Gasteiger partial charge in [0, 0.05) is 13.1 Å². The molecule has 1 aliphatic heterocycles. The number of ether oxygens (including phenoxy) is 1. The molecule has 21 heavy (non-hydrogen) atoms. The molecular weight excluding hydrogens is 276 g/mol. The number of carbonyl (C=O) groups is 1. The van der Waals surface area contributed by atoms with Crippen LogP contribution in [0.25, 0.3) is 0 Å². The fraction of sp³-hybridized carbons (Fsp3) is 0.692. The van der Waals surface area contributed by atoms with Gasteiger partial charge >= 0.3 is 5.69 Å². The Balaban J connectivity index is 2.15. The monoisotopic (exact) mass is 296 g/mol. The van der Waals surface area contributed by atoms with Crippen LogP contribution in [-0.4, -0.2) is 50.8 Å².